The van der Waals surface area contributed by atoms with Gasteiger partial charge in [0.15, 0.2) is 0 Å². The fourth-order valence-corrected chi connectivity index (χ4v) is 1.83. The van der Waals surface area contributed by atoms with Gasteiger partial charge in [0.25, 0.3) is 0 Å². The number of rotatable bonds is 0. The summed E-state index contributed by atoms with van der Waals surface area (Å²) in [5.74, 6) is 0. The first-order chi connectivity index (χ1) is 5.07. The molecule has 11 heavy (non-hydrogen) atoms. The van der Waals surface area contributed by atoms with Crippen molar-refractivity contribution < 1.29 is 0 Å². The van der Waals surface area contributed by atoms with Crippen molar-refractivity contribution in [3.8, 4) is 6.07 Å². The molecule has 1 aliphatic heterocycles. The predicted molar refractivity (Wildman–Crippen MR) is 49.1 cm³/mol. The van der Waals surface area contributed by atoms with Gasteiger partial charge in [-0.3, -0.25) is 0 Å². The van der Waals surface area contributed by atoms with Gasteiger partial charge in [0.2, 0.25) is 0 Å². The summed E-state index contributed by atoms with van der Waals surface area (Å²) in [5, 5.41) is 10.9. The number of hydrogen-bond donors (Lipinski definition) is 0. The second-order valence-corrected chi connectivity index (χ2v) is 4.28. The molecule has 0 fully saturated rings. The topological polar surface area (TPSA) is 23.8 Å². The van der Waals surface area contributed by atoms with E-state index in [-0.39, 0.29) is 4.75 Å². The van der Waals surface area contributed by atoms with Crippen LogP contribution in [0.3, 0.4) is 0 Å². The van der Waals surface area contributed by atoms with E-state index >= 15 is 0 Å². The van der Waals surface area contributed by atoms with Crippen LogP contribution in [0.5, 0.6) is 0 Å². The Balaban J connectivity index is 2.96. The molecule has 0 bridgehead atoms. The fraction of sp³-hybridized carbons (Fsp3) is 0.444. The minimum Gasteiger partial charge on any atom is -0.196 e. The molecule has 0 saturated carbocycles. The third-order valence-electron chi connectivity index (χ3n) is 1.82. The lowest BCUT2D eigenvalue weighted by Crippen LogP contribution is -2.15. The second kappa shape index (κ2) is 2.75. The first kappa shape index (κ1) is 8.42. The quantitative estimate of drug-likeness (QED) is 0.551. The summed E-state index contributed by atoms with van der Waals surface area (Å²) in [6, 6.07) is 2.27. The summed E-state index contributed by atoms with van der Waals surface area (Å²) in [6.45, 7) is 6.04. The van der Waals surface area contributed by atoms with E-state index in [1.54, 1.807) is 11.8 Å². The van der Waals surface area contributed by atoms with Crippen LogP contribution < -0.4 is 0 Å². The van der Waals surface area contributed by atoms with E-state index in [4.69, 9.17) is 5.26 Å². The van der Waals surface area contributed by atoms with Gasteiger partial charge in [0.05, 0.1) is 6.07 Å². The van der Waals surface area contributed by atoms with E-state index in [1.165, 1.54) is 11.1 Å². The Hall–Kier alpha value is -0.680. The smallest absolute Gasteiger partial charge is 0.122 e. The van der Waals surface area contributed by atoms with Crippen molar-refractivity contribution in [1.82, 2.24) is 0 Å². The van der Waals surface area contributed by atoms with Gasteiger partial charge in [-0.2, -0.15) is 5.26 Å². The standard InChI is InChI=1S/C9H11NS/c1-7-4-9(3,6-10)11-5-8(7)2/h4-5H,1-3H3. The highest BCUT2D eigenvalue weighted by Crippen LogP contribution is 2.35. The highest BCUT2D eigenvalue weighted by atomic mass is 32.2. The van der Waals surface area contributed by atoms with Crippen LogP contribution in [0.15, 0.2) is 22.6 Å². The number of allylic oxidation sites excluding steroid dienone is 2. The molecule has 1 atom stereocenters. The molecule has 0 aromatic heterocycles. The Morgan fingerprint density at radius 1 is 1.45 bits per heavy atom. The van der Waals surface area contributed by atoms with Crippen LogP contribution in [0.2, 0.25) is 0 Å². The lowest BCUT2D eigenvalue weighted by Gasteiger charge is -2.20. The van der Waals surface area contributed by atoms with Crippen molar-refractivity contribution >= 4 is 11.8 Å². The molecule has 1 unspecified atom stereocenters. The molecule has 0 saturated heterocycles. The molecule has 0 amide bonds. The molecule has 1 aliphatic rings. The molecule has 0 N–H and O–H groups in total. The van der Waals surface area contributed by atoms with Crippen molar-refractivity contribution in [3.05, 3.63) is 22.6 Å². The summed E-state index contributed by atoms with van der Waals surface area (Å²) in [7, 11) is 0. The molecule has 0 radical (unpaired) electrons. The van der Waals surface area contributed by atoms with Crippen molar-refractivity contribution in [1.29, 1.82) is 5.26 Å². The zero-order valence-electron chi connectivity index (χ0n) is 7.01. The summed E-state index contributed by atoms with van der Waals surface area (Å²) >= 11 is 1.58. The monoisotopic (exact) mass is 165 g/mol. The largest absolute Gasteiger partial charge is 0.196 e. The Labute approximate surface area is 71.8 Å². The minimum atomic E-state index is -0.344. The Bertz CT molecular complexity index is 270. The fourth-order valence-electron chi connectivity index (χ4n) is 0.923. The molecule has 2 heteroatoms. The SMILES string of the molecule is CC1=CSC(C)(C#N)C=C1C. The number of thioether (sulfide) groups is 1. The molecule has 58 valence electrons. The maximum atomic E-state index is 8.81. The first-order valence-electron chi connectivity index (χ1n) is 3.53. The third kappa shape index (κ3) is 1.66. The number of nitriles is 1. The molecular formula is C9H11NS. The molecule has 0 aliphatic carbocycles. The Morgan fingerprint density at radius 2 is 2.09 bits per heavy atom. The summed E-state index contributed by atoms with van der Waals surface area (Å²) < 4.78 is -0.344. The predicted octanol–water partition coefficient (Wildman–Crippen LogP) is 2.87. The van der Waals surface area contributed by atoms with Crippen LogP contribution in [0.4, 0.5) is 0 Å². The van der Waals surface area contributed by atoms with Crippen LogP contribution in [-0.4, -0.2) is 4.75 Å². The maximum absolute atomic E-state index is 8.81. The van der Waals surface area contributed by atoms with E-state index in [0.29, 0.717) is 0 Å². The lowest BCUT2D eigenvalue weighted by atomic mass is 10.0. The molecular weight excluding hydrogens is 154 g/mol. The highest BCUT2D eigenvalue weighted by molar-refractivity contribution is 8.03. The zero-order valence-corrected chi connectivity index (χ0v) is 7.83. The van der Waals surface area contributed by atoms with Crippen LogP contribution >= 0.6 is 11.8 Å². The molecule has 0 spiro atoms. The maximum Gasteiger partial charge on any atom is 0.122 e. The van der Waals surface area contributed by atoms with Gasteiger partial charge in [-0.25, -0.2) is 0 Å². The second-order valence-electron chi connectivity index (χ2n) is 2.96. The van der Waals surface area contributed by atoms with E-state index in [2.05, 4.69) is 18.4 Å². The van der Waals surface area contributed by atoms with Crippen molar-refractivity contribution in [2.24, 2.45) is 0 Å². The summed E-state index contributed by atoms with van der Waals surface area (Å²) in [4.78, 5) is 0. The van der Waals surface area contributed by atoms with E-state index in [0.717, 1.165) is 0 Å². The van der Waals surface area contributed by atoms with Crippen LogP contribution in [-0.2, 0) is 0 Å². The lowest BCUT2D eigenvalue weighted by molar-refractivity contribution is 1.00. The highest BCUT2D eigenvalue weighted by Gasteiger charge is 2.23. The van der Waals surface area contributed by atoms with Crippen molar-refractivity contribution in [2.75, 3.05) is 0 Å². The summed E-state index contributed by atoms with van der Waals surface area (Å²) in [5.41, 5.74) is 2.48. The first-order valence-corrected chi connectivity index (χ1v) is 4.41. The molecule has 1 rings (SSSR count). The van der Waals surface area contributed by atoms with Gasteiger partial charge < -0.3 is 0 Å². The molecule has 1 nitrogen and oxygen atoms in total. The van der Waals surface area contributed by atoms with Gasteiger partial charge in [0.1, 0.15) is 4.75 Å². The Morgan fingerprint density at radius 3 is 2.55 bits per heavy atom. The van der Waals surface area contributed by atoms with E-state index in [1.807, 2.05) is 19.9 Å². The van der Waals surface area contributed by atoms with Crippen molar-refractivity contribution in [2.45, 2.75) is 25.5 Å². The van der Waals surface area contributed by atoms with Gasteiger partial charge in [0, 0.05) is 0 Å². The number of nitrogens with zero attached hydrogens (tertiary/aromatic N) is 1. The molecule has 0 aromatic rings. The van der Waals surface area contributed by atoms with Gasteiger partial charge in [-0.05, 0) is 37.3 Å². The molecule has 1 heterocycles. The minimum absolute atomic E-state index is 0.344. The van der Waals surface area contributed by atoms with Crippen LogP contribution in [0, 0.1) is 11.3 Å². The zero-order chi connectivity index (χ0) is 8.48. The van der Waals surface area contributed by atoms with Gasteiger partial charge in [-0.1, -0.05) is 6.08 Å². The average molecular weight is 165 g/mol. The molecule has 0 aromatic carbocycles. The van der Waals surface area contributed by atoms with Gasteiger partial charge >= 0.3 is 0 Å². The Kier molecular flexibility index (Phi) is 2.10. The van der Waals surface area contributed by atoms with Crippen LogP contribution in [0.1, 0.15) is 20.8 Å². The summed E-state index contributed by atoms with van der Waals surface area (Å²) in [6.07, 6.45) is 2.02. The average Bonchev–Trinajstić information content (AvgIpc) is 1.98. The van der Waals surface area contributed by atoms with Crippen molar-refractivity contribution in [3.63, 3.8) is 0 Å². The van der Waals surface area contributed by atoms with Gasteiger partial charge in [-0.15, -0.1) is 11.8 Å². The third-order valence-corrected chi connectivity index (χ3v) is 2.99. The van der Waals surface area contributed by atoms with E-state index < -0.39 is 0 Å². The normalized spacial score (nSPS) is 30.4. The van der Waals surface area contributed by atoms with Crippen LogP contribution in [0.25, 0.3) is 0 Å². The number of hydrogen-bond acceptors (Lipinski definition) is 2. The van der Waals surface area contributed by atoms with E-state index in [9.17, 15) is 0 Å².